The number of halogens is 1. The fraction of sp³-hybridized carbons (Fsp3) is 0.235. The second-order valence-electron chi connectivity index (χ2n) is 5.47. The Balaban J connectivity index is 2.06. The lowest BCUT2D eigenvalue weighted by molar-refractivity contribution is -0.118. The number of carbonyl (C=O) groups excluding carboxylic acids is 1. The second-order valence-corrected chi connectivity index (χ2v) is 8.07. The minimum Gasteiger partial charge on any atom is -0.491 e. The van der Waals surface area contributed by atoms with E-state index in [2.05, 4.69) is 20.7 Å². The van der Waals surface area contributed by atoms with E-state index in [4.69, 9.17) is 4.74 Å². The maximum Gasteiger partial charge on any atom is 0.264 e. The van der Waals surface area contributed by atoms with E-state index in [-0.39, 0.29) is 17.4 Å². The Morgan fingerprint density at radius 2 is 1.83 bits per heavy atom. The van der Waals surface area contributed by atoms with Crippen LogP contribution in [0.15, 0.2) is 57.9 Å². The summed E-state index contributed by atoms with van der Waals surface area (Å²) in [6, 6.07) is 13.1. The zero-order valence-corrected chi connectivity index (χ0v) is 15.7. The summed E-state index contributed by atoms with van der Waals surface area (Å²) in [5.41, 5.74) is 0.720. The van der Waals surface area contributed by atoms with Crippen LogP contribution < -0.4 is 9.46 Å². The Kier molecular flexibility index (Phi) is 6.01. The third-order valence-electron chi connectivity index (χ3n) is 3.01. The van der Waals surface area contributed by atoms with Crippen LogP contribution in [0.3, 0.4) is 0 Å². The van der Waals surface area contributed by atoms with Crippen molar-refractivity contribution in [3.8, 4) is 5.75 Å². The van der Waals surface area contributed by atoms with Crippen LogP contribution in [0.1, 0.15) is 19.4 Å². The summed E-state index contributed by atoms with van der Waals surface area (Å²) in [6.07, 6.45) is -0.0231. The Hall–Kier alpha value is -1.86. The molecule has 0 bridgehead atoms. The van der Waals surface area contributed by atoms with E-state index in [1.54, 1.807) is 30.3 Å². The third kappa shape index (κ3) is 5.35. The van der Waals surface area contributed by atoms with Gasteiger partial charge in [0.1, 0.15) is 5.75 Å². The summed E-state index contributed by atoms with van der Waals surface area (Å²) < 4.78 is 32.9. The fourth-order valence-corrected chi connectivity index (χ4v) is 3.48. The molecular weight excluding hydrogens is 394 g/mol. The predicted octanol–water partition coefficient (Wildman–Crippen LogP) is 3.28. The van der Waals surface area contributed by atoms with E-state index in [0.29, 0.717) is 5.75 Å². The smallest absolute Gasteiger partial charge is 0.264 e. The maximum atomic E-state index is 12.3. The van der Waals surface area contributed by atoms with Gasteiger partial charge >= 0.3 is 0 Å². The van der Waals surface area contributed by atoms with Crippen LogP contribution in [-0.4, -0.2) is 20.4 Å². The molecule has 0 aliphatic heterocycles. The van der Waals surface area contributed by atoms with Gasteiger partial charge in [0.2, 0.25) is 5.91 Å². The third-order valence-corrected chi connectivity index (χ3v) is 4.89. The Labute approximate surface area is 150 Å². The number of ether oxygens (including phenoxy) is 1. The van der Waals surface area contributed by atoms with Gasteiger partial charge in [-0.1, -0.05) is 28.1 Å². The first kappa shape index (κ1) is 18.5. The highest BCUT2D eigenvalue weighted by molar-refractivity contribution is 9.10. The highest BCUT2D eigenvalue weighted by Crippen LogP contribution is 2.17. The van der Waals surface area contributed by atoms with E-state index in [1.165, 1.54) is 12.1 Å². The van der Waals surface area contributed by atoms with Crippen LogP contribution in [0.2, 0.25) is 0 Å². The topological polar surface area (TPSA) is 72.5 Å². The van der Waals surface area contributed by atoms with E-state index in [1.807, 2.05) is 19.9 Å². The monoisotopic (exact) mass is 411 g/mol. The largest absolute Gasteiger partial charge is 0.491 e. The summed E-state index contributed by atoms with van der Waals surface area (Å²) in [4.78, 5) is 12.0. The number of sulfonamides is 1. The number of nitrogens with one attached hydrogen (secondary N) is 1. The van der Waals surface area contributed by atoms with Crippen LogP contribution in [0.25, 0.3) is 0 Å². The summed E-state index contributed by atoms with van der Waals surface area (Å²) in [5, 5.41) is 0. The van der Waals surface area contributed by atoms with Gasteiger partial charge in [0.15, 0.2) is 0 Å². The molecule has 2 aromatic rings. The molecule has 0 unspecified atom stereocenters. The van der Waals surface area contributed by atoms with Crippen LogP contribution in [-0.2, 0) is 21.2 Å². The van der Waals surface area contributed by atoms with Crippen molar-refractivity contribution in [3.63, 3.8) is 0 Å². The number of rotatable bonds is 6. The van der Waals surface area contributed by atoms with Crippen molar-refractivity contribution in [2.45, 2.75) is 31.3 Å². The first-order valence-electron chi connectivity index (χ1n) is 7.33. The van der Waals surface area contributed by atoms with Gasteiger partial charge in [0.25, 0.3) is 10.0 Å². The summed E-state index contributed by atoms with van der Waals surface area (Å²) in [6.45, 7) is 3.76. The van der Waals surface area contributed by atoms with E-state index < -0.39 is 15.9 Å². The molecule has 0 saturated carbocycles. The summed E-state index contributed by atoms with van der Waals surface area (Å²) in [5.74, 6) is -0.0139. The number of hydrogen-bond donors (Lipinski definition) is 1. The van der Waals surface area contributed by atoms with Crippen molar-refractivity contribution >= 4 is 31.9 Å². The van der Waals surface area contributed by atoms with Gasteiger partial charge in [-0.3, -0.25) is 4.79 Å². The lowest BCUT2D eigenvalue weighted by Crippen LogP contribution is -2.31. The lowest BCUT2D eigenvalue weighted by Gasteiger charge is -2.11. The van der Waals surface area contributed by atoms with Crippen LogP contribution in [0.4, 0.5) is 0 Å². The van der Waals surface area contributed by atoms with Gasteiger partial charge in [0, 0.05) is 4.47 Å². The highest BCUT2D eigenvalue weighted by atomic mass is 79.9. The summed E-state index contributed by atoms with van der Waals surface area (Å²) in [7, 11) is -3.90. The quantitative estimate of drug-likeness (QED) is 0.791. The minimum atomic E-state index is -3.90. The van der Waals surface area contributed by atoms with Crippen LogP contribution >= 0.6 is 15.9 Å². The van der Waals surface area contributed by atoms with Crippen LogP contribution in [0.5, 0.6) is 5.75 Å². The molecule has 0 fully saturated rings. The molecule has 0 saturated heterocycles. The number of benzene rings is 2. The molecule has 24 heavy (non-hydrogen) atoms. The van der Waals surface area contributed by atoms with Crippen molar-refractivity contribution in [1.82, 2.24) is 4.72 Å². The average Bonchev–Trinajstić information content (AvgIpc) is 2.46. The zero-order valence-electron chi connectivity index (χ0n) is 13.3. The van der Waals surface area contributed by atoms with Crippen molar-refractivity contribution in [1.29, 1.82) is 0 Å². The molecule has 0 aliphatic carbocycles. The van der Waals surface area contributed by atoms with Gasteiger partial charge in [-0.15, -0.1) is 0 Å². The van der Waals surface area contributed by atoms with Crippen molar-refractivity contribution in [2.24, 2.45) is 0 Å². The van der Waals surface area contributed by atoms with Gasteiger partial charge in [-0.2, -0.15) is 0 Å². The first-order valence-corrected chi connectivity index (χ1v) is 9.61. The lowest BCUT2D eigenvalue weighted by atomic mass is 10.1. The van der Waals surface area contributed by atoms with E-state index in [9.17, 15) is 13.2 Å². The van der Waals surface area contributed by atoms with Crippen LogP contribution in [0, 0.1) is 0 Å². The van der Waals surface area contributed by atoms with Crippen molar-refractivity contribution < 1.29 is 17.9 Å². The molecule has 0 spiro atoms. The molecule has 5 nitrogen and oxygen atoms in total. The van der Waals surface area contributed by atoms with Gasteiger partial charge in [-0.25, -0.2) is 13.1 Å². The van der Waals surface area contributed by atoms with Gasteiger partial charge in [-0.05, 0) is 55.8 Å². The Morgan fingerprint density at radius 1 is 1.17 bits per heavy atom. The van der Waals surface area contributed by atoms with Crippen molar-refractivity contribution in [2.75, 3.05) is 0 Å². The molecule has 0 atom stereocenters. The maximum absolute atomic E-state index is 12.3. The molecule has 1 amide bonds. The van der Waals surface area contributed by atoms with E-state index >= 15 is 0 Å². The normalized spacial score (nSPS) is 11.3. The fourth-order valence-electron chi connectivity index (χ4n) is 2.05. The van der Waals surface area contributed by atoms with Crippen molar-refractivity contribution in [3.05, 3.63) is 58.6 Å². The molecule has 0 radical (unpaired) electrons. The molecule has 2 rings (SSSR count). The minimum absolute atomic E-state index is 0.00245. The zero-order chi connectivity index (χ0) is 17.7. The SMILES string of the molecule is CC(C)Oc1ccc(S(=O)(=O)NC(=O)Cc2cccc(Br)c2)cc1. The first-order chi connectivity index (χ1) is 11.3. The molecule has 1 N–H and O–H groups in total. The Bertz CT molecular complexity index is 817. The molecule has 2 aromatic carbocycles. The molecule has 0 aliphatic rings. The highest BCUT2D eigenvalue weighted by Gasteiger charge is 2.18. The summed E-state index contributed by atoms with van der Waals surface area (Å²) >= 11 is 3.31. The standard InChI is InChI=1S/C17H18BrNO4S/c1-12(2)23-15-6-8-16(9-7-15)24(21,22)19-17(20)11-13-4-3-5-14(18)10-13/h3-10,12H,11H2,1-2H3,(H,19,20). The number of hydrogen-bond acceptors (Lipinski definition) is 4. The number of amides is 1. The molecule has 7 heteroatoms. The Morgan fingerprint density at radius 3 is 2.42 bits per heavy atom. The second kappa shape index (κ2) is 7.81. The average molecular weight is 412 g/mol. The predicted molar refractivity (Wildman–Crippen MR) is 95.4 cm³/mol. The number of carbonyl (C=O) groups is 1. The molecule has 128 valence electrons. The van der Waals surface area contributed by atoms with Gasteiger partial charge in [0.05, 0.1) is 17.4 Å². The van der Waals surface area contributed by atoms with E-state index in [0.717, 1.165) is 10.0 Å². The molecule has 0 heterocycles. The molecular formula is C17H18BrNO4S. The van der Waals surface area contributed by atoms with Gasteiger partial charge < -0.3 is 4.74 Å². The molecule has 0 aromatic heterocycles.